The van der Waals surface area contributed by atoms with E-state index in [1.807, 2.05) is 42.5 Å². The molecule has 0 N–H and O–H groups in total. The number of halogens is 1. The van der Waals surface area contributed by atoms with E-state index in [0.717, 1.165) is 21.0 Å². The Bertz CT molecular complexity index is 945. The van der Waals surface area contributed by atoms with Gasteiger partial charge in [0.15, 0.2) is 0 Å². The summed E-state index contributed by atoms with van der Waals surface area (Å²) >= 11 is 3.42. The zero-order chi connectivity index (χ0) is 14.9. The van der Waals surface area contributed by atoms with E-state index in [1.165, 1.54) is 5.39 Å². The molecule has 1 aromatic heterocycles. The summed E-state index contributed by atoms with van der Waals surface area (Å²) < 4.78 is 6.43. The van der Waals surface area contributed by atoms with Crippen LogP contribution in [0, 0.1) is 0 Å². The van der Waals surface area contributed by atoms with Crippen LogP contribution >= 0.6 is 15.9 Å². The highest BCUT2D eigenvalue weighted by Crippen LogP contribution is 2.26. The molecule has 3 nitrogen and oxygen atoms in total. The van der Waals surface area contributed by atoms with Gasteiger partial charge in [0.2, 0.25) is 5.82 Å². The van der Waals surface area contributed by atoms with Crippen LogP contribution in [0.4, 0.5) is 0 Å². The summed E-state index contributed by atoms with van der Waals surface area (Å²) in [4.78, 5) is 4.49. The van der Waals surface area contributed by atoms with Gasteiger partial charge in [0, 0.05) is 15.6 Å². The summed E-state index contributed by atoms with van der Waals surface area (Å²) in [6.07, 6.45) is 0. The second kappa shape index (κ2) is 5.39. The average molecular weight is 351 g/mol. The van der Waals surface area contributed by atoms with Crippen LogP contribution < -0.4 is 0 Å². The minimum Gasteiger partial charge on any atom is -0.334 e. The first-order valence-corrected chi connectivity index (χ1v) is 7.68. The summed E-state index contributed by atoms with van der Waals surface area (Å²) in [5, 5.41) is 6.42. The van der Waals surface area contributed by atoms with Crippen molar-refractivity contribution in [3.63, 3.8) is 0 Å². The normalized spacial score (nSPS) is 11.0. The van der Waals surface area contributed by atoms with Gasteiger partial charge in [-0.15, -0.1) is 0 Å². The van der Waals surface area contributed by atoms with Crippen molar-refractivity contribution in [3.05, 3.63) is 71.2 Å². The Labute approximate surface area is 135 Å². The van der Waals surface area contributed by atoms with Crippen LogP contribution in [-0.4, -0.2) is 10.1 Å². The van der Waals surface area contributed by atoms with Gasteiger partial charge < -0.3 is 4.52 Å². The minimum absolute atomic E-state index is 0.531. The van der Waals surface area contributed by atoms with Crippen LogP contribution in [0.15, 0.2) is 75.7 Å². The van der Waals surface area contributed by atoms with Crippen molar-refractivity contribution in [3.8, 4) is 22.8 Å². The van der Waals surface area contributed by atoms with Gasteiger partial charge in [-0.25, -0.2) is 0 Å². The SMILES string of the molecule is Brc1ccc(-c2noc(-c3ccc4ccccc4c3)n2)cc1. The van der Waals surface area contributed by atoms with E-state index in [2.05, 4.69) is 50.3 Å². The zero-order valence-corrected chi connectivity index (χ0v) is 13.1. The molecule has 0 saturated carbocycles. The van der Waals surface area contributed by atoms with Crippen LogP contribution in [-0.2, 0) is 0 Å². The third kappa shape index (κ3) is 2.42. The Hall–Kier alpha value is -2.46. The zero-order valence-electron chi connectivity index (χ0n) is 11.5. The largest absolute Gasteiger partial charge is 0.334 e. The highest BCUT2D eigenvalue weighted by molar-refractivity contribution is 9.10. The third-order valence-electron chi connectivity index (χ3n) is 3.52. The Morgan fingerprint density at radius 1 is 0.773 bits per heavy atom. The molecule has 1 heterocycles. The average Bonchev–Trinajstić information content (AvgIpc) is 3.05. The molecule has 0 bridgehead atoms. The van der Waals surface area contributed by atoms with Crippen LogP contribution in [0.2, 0.25) is 0 Å². The molecule has 0 amide bonds. The second-order valence-corrected chi connectivity index (χ2v) is 5.91. The molecule has 106 valence electrons. The molecule has 0 aliphatic rings. The topological polar surface area (TPSA) is 38.9 Å². The van der Waals surface area contributed by atoms with Gasteiger partial charge in [0.1, 0.15) is 0 Å². The fraction of sp³-hybridized carbons (Fsp3) is 0. The van der Waals surface area contributed by atoms with Crippen LogP contribution in [0.3, 0.4) is 0 Å². The number of hydrogen-bond acceptors (Lipinski definition) is 3. The van der Waals surface area contributed by atoms with Gasteiger partial charge >= 0.3 is 0 Å². The Morgan fingerprint density at radius 3 is 2.32 bits per heavy atom. The molecule has 4 rings (SSSR count). The molecule has 4 aromatic rings. The monoisotopic (exact) mass is 350 g/mol. The number of rotatable bonds is 2. The van der Waals surface area contributed by atoms with Gasteiger partial charge in [-0.1, -0.05) is 51.4 Å². The lowest BCUT2D eigenvalue weighted by Crippen LogP contribution is -1.81. The molecule has 0 spiro atoms. The van der Waals surface area contributed by atoms with E-state index in [4.69, 9.17) is 4.52 Å². The van der Waals surface area contributed by atoms with Crippen molar-refractivity contribution in [1.82, 2.24) is 10.1 Å². The Morgan fingerprint density at radius 2 is 1.50 bits per heavy atom. The van der Waals surface area contributed by atoms with Crippen molar-refractivity contribution in [2.75, 3.05) is 0 Å². The first-order valence-electron chi connectivity index (χ1n) is 6.88. The predicted molar refractivity (Wildman–Crippen MR) is 90.4 cm³/mol. The highest BCUT2D eigenvalue weighted by Gasteiger charge is 2.10. The summed E-state index contributed by atoms with van der Waals surface area (Å²) in [5.41, 5.74) is 1.86. The van der Waals surface area contributed by atoms with Crippen molar-refractivity contribution in [1.29, 1.82) is 0 Å². The van der Waals surface area contributed by atoms with Gasteiger partial charge in [0.05, 0.1) is 0 Å². The maximum Gasteiger partial charge on any atom is 0.258 e. The first-order chi connectivity index (χ1) is 10.8. The fourth-order valence-corrected chi connectivity index (χ4v) is 2.64. The second-order valence-electron chi connectivity index (χ2n) is 4.99. The molecule has 0 unspecified atom stereocenters. The summed E-state index contributed by atoms with van der Waals surface area (Å²) in [7, 11) is 0. The summed E-state index contributed by atoms with van der Waals surface area (Å²) in [6, 6.07) is 22.2. The van der Waals surface area contributed by atoms with E-state index >= 15 is 0 Å². The van der Waals surface area contributed by atoms with Gasteiger partial charge in [-0.2, -0.15) is 4.98 Å². The van der Waals surface area contributed by atoms with E-state index < -0.39 is 0 Å². The molecular weight excluding hydrogens is 340 g/mol. The standard InChI is InChI=1S/C18H11BrN2O/c19-16-9-7-13(8-10-16)17-20-18(22-21-17)15-6-5-12-3-1-2-4-14(12)11-15/h1-11H. The van der Waals surface area contributed by atoms with Crippen LogP contribution in [0.1, 0.15) is 0 Å². The van der Waals surface area contributed by atoms with Gasteiger partial charge in [-0.05, 0) is 47.2 Å². The summed E-state index contributed by atoms with van der Waals surface area (Å²) in [5.74, 6) is 1.12. The lowest BCUT2D eigenvalue weighted by molar-refractivity contribution is 0.432. The van der Waals surface area contributed by atoms with E-state index in [0.29, 0.717) is 11.7 Å². The third-order valence-corrected chi connectivity index (χ3v) is 4.05. The molecular formula is C18H11BrN2O. The van der Waals surface area contributed by atoms with Crippen molar-refractivity contribution in [2.45, 2.75) is 0 Å². The predicted octanol–water partition coefficient (Wildman–Crippen LogP) is 5.32. The van der Waals surface area contributed by atoms with Gasteiger partial charge in [-0.3, -0.25) is 0 Å². The molecule has 0 aliphatic heterocycles. The van der Waals surface area contributed by atoms with Crippen molar-refractivity contribution < 1.29 is 4.52 Å². The highest BCUT2D eigenvalue weighted by atomic mass is 79.9. The Kier molecular flexibility index (Phi) is 3.24. The molecule has 3 aromatic carbocycles. The maximum atomic E-state index is 5.41. The van der Waals surface area contributed by atoms with E-state index in [-0.39, 0.29) is 0 Å². The number of hydrogen-bond donors (Lipinski definition) is 0. The lowest BCUT2D eigenvalue weighted by Gasteiger charge is -1.99. The summed E-state index contributed by atoms with van der Waals surface area (Å²) in [6.45, 7) is 0. The molecule has 0 fully saturated rings. The van der Waals surface area contributed by atoms with E-state index in [9.17, 15) is 0 Å². The van der Waals surface area contributed by atoms with Crippen molar-refractivity contribution in [2.24, 2.45) is 0 Å². The molecule has 0 radical (unpaired) electrons. The number of benzene rings is 3. The smallest absolute Gasteiger partial charge is 0.258 e. The van der Waals surface area contributed by atoms with Crippen molar-refractivity contribution >= 4 is 26.7 Å². The molecule has 0 saturated heterocycles. The molecule has 22 heavy (non-hydrogen) atoms. The molecule has 0 atom stereocenters. The lowest BCUT2D eigenvalue weighted by atomic mass is 10.1. The quantitative estimate of drug-likeness (QED) is 0.491. The maximum absolute atomic E-state index is 5.41. The number of nitrogens with zero attached hydrogens (tertiary/aromatic N) is 2. The number of aromatic nitrogens is 2. The molecule has 4 heteroatoms. The van der Waals surface area contributed by atoms with Gasteiger partial charge in [0.25, 0.3) is 5.89 Å². The van der Waals surface area contributed by atoms with E-state index in [1.54, 1.807) is 0 Å². The Balaban J connectivity index is 1.74. The fourth-order valence-electron chi connectivity index (χ4n) is 2.38. The number of fused-ring (bicyclic) bond motifs is 1. The molecule has 0 aliphatic carbocycles. The van der Waals surface area contributed by atoms with Crippen LogP contribution in [0.25, 0.3) is 33.6 Å². The minimum atomic E-state index is 0.531. The van der Waals surface area contributed by atoms with Crippen LogP contribution in [0.5, 0.6) is 0 Å². The first kappa shape index (κ1) is 13.2.